The lowest BCUT2D eigenvalue weighted by atomic mass is 9.88. The molecule has 1 aliphatic rings. The molecule has 2 amide bonds. The SMILES string of the molecule is O=C(NCc1ccncc1)N1CCc2ccccc2[C@@H]1c1ccc(F)cc1. The molecule has 0 saturated heterocycles. The van der Waals surface area contributed by atoms with Crippen LogP contribution in [-0.2, 0) is 13.0 Å². The van der Waals surface area contributed by atoms with Gasteiger partial charge in [-0.05, 0) is 52.9 Å². The number of hydrogen-bond acceptors (Lipinski definition) is 2. The highest BCUT2D eigenvalue weighted by Crippen LogP contribution is 2.35. The van der Waals surface area contributed by atoms with Gasteiger partial charge in [-0.25, -0.2) is 9.18 Å². The third-order valence-corrected chi connectivity index (χ3v) is 4.92. The van der Waals surface area contributed by atoms with Crippen molar-refractivity contribution in [2.45, 2.75) is 19.0 Å². The zero-order valence-electron chi connectivity index (χ0n) is 14.8. The van der Waals surface area contributed by atoms with E-state index < -0.39 is 0 Å². The predicted octanol–water partition coefficient (Wildman–Crippen LogP) is 4.08. The van der Waals surface area contributed by atoms with Crippen molar-refractivity contribution >= 4 is 6.03 Å². The van der Waals surface area contributed by atoms with E-state index in [0.717, 1.165) is 23.1 Å². The van der Waals surface area contributed by atoms with Gasteiger partial charge in [0, 0.05) is 25.5 Å². The maximum absolute atomic E-state index is 13.4. The molecule has 1 N–H and O–H groups in total. The Morgan fingerprint density at radius 2 is 1.81 bits per heavy atom. The molecule has 1 atom stereocenters. The Hall–Kier alpha value is -3.21. The van der Waals surface area contributed by atoms with Crippen LogP contribution >= 0.6 is 0 Å². The number of aromatic nitrogens is 1. The minimum atomic E-state index is -0.281. The van der Waals surface area contributed by atoms with Crippen molar-refractivity contribution in [2.24, 2.45) is 0 Å². The number of carbonyl (C=O) groups is 1. The number of pyridine rings is 1. The van der Waals surface area contributed by atoms with Gasteiger partial charge in [-0.15, -0.1) is 0 Å². The number of fused-ring (bicyclic) bond motifs is 1. The quantitative estimate of drug-likeness (QED) is 0.764. The third-order valence-electron chi connectivity index (χ3n) is 4.92. The van der Waals surface area contributed by atoms with Crippen molar-refractivity contribution in [3.05, 3.63) is 101 Å². The van der Waals surface area contributed by atoms with Crippen molar-refractivity contribution < 1.29 is 9.18 Å². The Balaban J connectivity index is 1.62. The summed E-state index contributed by atoms with van der Waals surface area (Å²) in [5.74, 6) is -0.281. The van der Waals surface area contributed by atoms with Crippen LogP contribution in [0.15, 0.2) is 73.1 Å². The summed E-state index contributed by atoms with van der Waals surface area (Å²) in [5, 5.41) is 3.00. The number of urea groups is 1. The molecule has 136 valence electrons. The normalized spacial score (nSPS) is 15.9. The first-order valence-electron chi connectivity index (χ1n) is 8.99. The summed E-state index contributed by atoms with van der Waals surface area (Å²) in [6, 6.07) is 17.9. The molecular formula is C22H20FN3O. The van der Waals surface area contributed by atoms with E-state index >= 15 is 0 Å². The van der Waals surface area contributed by atoms with E-state index in [2.05, 4.69) is 16.4 Å². The van der Waals surface area contributed by atoms with Crippen LogP contribution in [0.3, 0.4) is 0 Å². The van der Waals surface area contributed by atoms with Crippen LogP contribution in [0.2, 0.25) is 0 Å². The van der Waals surface area contributed by atoms with Crippen LogP contribution in [-0.4, -0.2) is 22.5 Å². The molecule has 5 heteroatoms. The van der Waals surface area contributed by atoms with Crippen LogP contribution in [0.1, 0.15) is 28.3 Å². The lowest BCUT2D eigenvalue weighted by Crippen LogP contribution is -2.45. The highest BCUT2D eigenvalue weighted by molar-refractivity contribution is 5.76. The van der Waals surface area contributed by atoms with Crippen LogP contribution in [0, 0.1) is 5.82 Å². The number of halogens is 1. The molecule has 0 radical (unpaired) electrons. The predicted molar refractivity (Wildman–Crippen MR) is 102 cm³/mol. The molecule has 0 bridgehead atoms. The van der Waals surface area contributed by atoms with Crippen molar-refractivity contribution in [3.8, 4) is 0 Å². The van der Waals surface area contributed by atoms with Gasteiger partial charge in [0.15, 0.2) is 0 Å². The summed E-state index contributed by atoms with van der Waals surface area (Å²) < 4.78 is 13.4. The van der Waals surface area contributed by atoms with E-state index in [0.29, 0.717) is 13.1 Å². The third kappa shape index (κ3) is 3.67. The number of hydrogen-bond donors (Lipinski definition) is 1. The highest BCUT2D eigenvalue weighted by Gasteiger charge is 2.31. The molecule has 2 aromatic carbocycles. The second kappa shape index (κ2) is 7.58. The maximum atomic E-state index is 13.4. The zero-order valence-corrected chi connectivity index (χ0v) is 14.8. The second-order valence-corrected chi connectivity index (χ2v) is 6.61. The Morgan fingerprint density at radius 1 is 1.07 bits per heavy atom. The molecule has 0 saturated carbocycles. The van der Waals surface area contributed by atoms with Crippen LogP contribution < -0.4 is 5.32 Å². The van der Waals surface area contributed by atoms with Gasteiger partial charge in [-0.1, -0.05) is 36.4 Å². The van der Waals surface area contributed by atoms with Gasteiger partial charge >= 0.3 is 6.03 Å². The monoisotopic (exact) mass is 361 g/mol. The number of benzene rings is 2. The van der Waals surface area contributed by atoms with Gasteiger partial charge < -0.3 is 10.2 Å². The van der Waals surface area contributed by atoms with Crippen molar-refractivity contribution in [1.29, 1.82) is 0 Å². The molecule has 3 aromatic rings. The van der Waals surface area contributed by atoms with E-state index in [-0.39, 0.29) is 17.9 Å². The highest BCUT2D eigenvalue weighted by atomic mass is 19.1. The molecule has 0 spiro atoms. The van der Waals surface area contributed by atoms with Gasteiger partial charge in [-0.3, -0.25) is 4.98 Å². The first kappa shape index (κ1) is 17.2. The van der Waals surface area contributed by atoms with Crippen LogP contribution in [0.4, 0.5) is 9.18 Å². The lowest BCUT2D eigenvalue weighted by Gasteiger charge is -2.37. The van der Waals surface area contributed by atoms with E-state index in [4.69, 9.17) is 0 Å². The average Bonchev–Trinajstić information content (AvgIpc) is 2.72. The van der Waals surface area contributed by atoms with Gasteiger partial charge in [0.1, 0.15) is 5.82 Å². The number of carbonyl (C=O) groups excluding carboxylic acids is 1. The topological polar surface area (TPSA) is 45.2 Å². The molecule has 1 aliphatic heterocycles. The molecule has 27 heavy (non-hydrogen) atoms. The smallest absolute Gasteiger partial charge is 0.318 e. The van der Waals surface area contributed by atoms with E-state index in [9.17, 15) is 9.18 Å². The van der Waals surface area contributed by atoms with E-state index in [1.165, 1.54) is 17.7 Å². The fourth-order valence-corrected chi connectivity index (χ4v) is 3.57. The molecule has 4 rings (SSSR count). The largest absolute Gasteiger partial charge is 0.334 e. The fraction of sp³-hybridized carbons (Fsp3) is 0.182. The van der Waals surface area contributed by atoms with Gasteiger partial charge in [0.25, 0.3) is 0 Å². The molecule has 4 nitrogen and oxygen atoms in total. The average molecular weight is 361 g/mol. The number of nitrogens with zero attached hydrogens (tertiary/aromatic N) is 2. The Morgan fingerprint density at radius 3 is 2.59 bits per heavy atom. The number of nitrogens with one attached hydrogen (secondary N) is 1. The molecule has 1 aromatic heterocycles. The summed E-state index contributed by atoms with van der Waals surface area (Å²) in [4.78, 5) is 18.8. The Labute approximate surface area is 157 Å². The van der Waals surface area contributed by atoms with Crippen LogP contribution in [0.25, 0.3) is 0 Å². The second-order valence-electron chi connectivity index (χ2n) is 6.61. The molecular weight excluding hydrogens is 341 g/mol. The standard InChI is InChI=1S/C22H20FN3O/c23-19-7-5-18(6-8-19)21-20-4-2-1-3-17(20)11-14-26(21)22(27)25-15-16-9-12-24-13-10-16/h1-10,12-13,21H,11,14-15H2,(H,25,27)/t21-/m0/s1. The Kier molecular flexibility index (Phi) is 4.83. The Bertz CT molecular complexity index is 928. The fourth-order valence-electron chi connectivity index (χ4n) is 3.57. The summed E-state index contributed by atoms with van der Waals surface area (Å²) in [6.45, 7) is 1.05. The molecule has 0 aliphatic carbocycles. The van der Waals surface area contributed by atoms with Gasteiger partial charge in [0.05, 0.1) is 6.04 Å². The number of amides is 2. The minimum absolute atomic E-state index is 0.129. The van der Waals surface area contributed by atoms with E-state index in [1.54, 1.807) is 24.5 Å². The van der Waals surface area contributed by atoms with Crippen molar-refractivity contribution in [2.75, 3.05) is 6.54 Å². The maximum Gasteiger partial charge on any atom is 0.318 e. The zero-order chi connectivity index (χ0) is 18.6. The van der Waals surface area contributed by atoms with Crippen molar-refractivity contribution in [1.82, 2.24) is 15.2 Å². The van der Waals surface area contributed by atoms with Crippen LogP contribution in [0.5, 0.6) is 0 Å². The summed E-state index contributed by atoms with van der Waals surface area (Å²) in [6.07, 6.45) is 4.22. The molecule has 2 heterocycles. The molecule has 0 unspecified atom stereocenters. The molecule has 0 fully saturated rings. The van der Waals surface area contributed by atoms with Gasteiger partial charge in [0.2, 0.25) is 0 Å². The van der Waals surface area contributed by atoms with Gasteiger partial charge in [-0.2, -0.15) is 0 Å². The van der Waals surface area contributed by atoms with E-state index in [1.807, 2.05) is 35.2 Å². The first-order chi connectivity index (χ1) is 13.2. The first-order valence-corrected chi connectivity index (χ1v) is 8.99. The number of rotatable bonds is 3. The minimum Gasteiger partial charge on any atom is -0.334 e. The lowest BCUT2D eigenvalue weighted by molar-refractivity contribution is 0.179. The summed E-state index contributed by atoms with van der Waals surface area (Å²) >= 11 is 0. The van der Waals surface area contributed by atoms with Crippen molar-refractivity contribution in [3.63, 3.8) is 0 Å². The summed E-state index contributed by atoms with van der Waals surface area (Å²) in [7, 11) is 0. The summed E-state index contributed by atoms with van der Waals surface area (Å²) in [5.41, 5.74) is 4.22.